The topological polar surface area (TPSA) is 99.6 Å². The number of ether oxygens (including phenoxy) is 1. The van der Waals surface area contributed by atoms with Crippen LogP contribution in [0.25, 0.3) is 22.4 Å². The fourth-order valence-corrected chi connectivity index (χ4v) is 3.04. The minimum Gasteiger partial charge on any atom is -0.504 e. The quantitative estimate of drug-likeness (QED) is 0.330. The summed E-state index contributed by atoms with van der Waals surface area (Å²) in [7, 11) is 1.47. The number of phenolic OH excluding ortho intramolecular Hbond substituents is 1. The van der Waals surface area contributed by atoms with E-state index in [1.165, 1.54) is 19.4 Å². The van der Waals surface area contributed by atoms with Crippen LogP contribution >= 0.6 is 11.6 Å². The lowest BCUT2D eigenvalue weighted by atomic mass is 10.2. The first-order chi connectivity index (χ1) is 14.5. The summed E-state index contributed by atoms with van der Waals surface area (Å²) in [5.74, 6) is 0.682. The Morgan fingerprint density at radius 1 is 1.17 bits per heavy atom. The van der Waals surface area contributed by atoms with E-state index in [2.05, 4.69) is 20.5 Å². The molecule has 8 heteroatoms. The number of methoxy groups -OCH3 is 1. The number of phenols is 1. The molecule has 0 fully saturated rings. The number of rotatable bonds is 5. The molecule has 0 atom stereocenters. The van der Waals surface area contributed by atoms with E-state index in [1.54, 1.807) is 42.5 Å². The number of aromatic amines is 1. The average molecular weight is 421 g/mol. The molecule has 1 heterocycles. The number of carbonyl (C=O) groups is 1. The van der Waals surface area contributed by atoms with E-state index in [4.69, 9.17) is 16.3 Å². The van der Waals surface area contributed by atoms with Gasteiger partial charge in [0.1, 0.15) is 5.82 Å². The summed E-state index contributed by atoms with van der Waals surface area (Å²) >= 11 is 5.93. The number of nitrogens with zero attached hydrogens (tertiary/aromatic N) is 2. The highest BCUT2D eigenvalue weighted by atomic mass is 35.5. The van der Waals surface area contributed by atoms with Gasteiger partial charge in [0.2, 0.25) is 0 Å². The summed E-state index contributed by atoms with van der Waals surface area (Å²) in [6, 6.07) is 17.3. The van der Waals surface area contributed by atoms with Crippen LogP contribution in [0.2, 0.25) is 5.02 Å². The first-order valence-corrected chi connectivity index (χ1v) is 9.37. The fourth-order valence-electron chi connectivity index (χ4n) is 2.91. The smallest absolute Gasteiger partial charge is 0.271 e. The van der Waals surface area contributed by atoms with Gasteiger partial charge in [0.05, 0.1) is 24.4 Å². The SMILES string of the molecule is COc1ccc(C=NNC(=O)c2ccc3nc(-c4ccc(Cl)cc4)[nH]c3c2)cc1O. The number of benzene rings is 3. The number of hydrogen-bond acceptors (Lipinski definition) is 5. The van der Waals surface area contributed by atoms with Crippen molar-refractivity contribution in [2.24, 2.45) is 5.10 Å². The highest BCUT2D eigenvalue weighted by Crippen LogP contribution is 2.25. The Labute approximate surface area is 177 Å². The Morgan fingerprint density at radius 3 is 2.70 bits per heavy atom. The van der Waals surface area contributed by atoms with Crippen molar-refractivity contribution in [2.75, 3.05) is 7.11 Å². The van der Waals surface area contributed by atoms with Crippen LogP contribution in [0.3, 0.4) is 0 Å². The van der Waals surface area contributed by atoms with E-state index in [0.717, 1.165) is 16.6 Å². The maximum atomic E-state index is 12.4. The monoisotopic (exact) mass is 420 g/mol. The Kier molecular flexibility index (Phi) is 5.36. The number of nitrogens with one attached hydrogen (secondary N) is 2. The number of amides is 1. The molecule has 0 radical (unpaired) electrons. The zero-order valence-electron chi connectivity index (χ0n) is 15.9. The number of hydrazone groups is 1. The molecule has 1 amide bonds. The third kappa shape index (κ3) is 4.11. The van der Waals surface area contributed by atoms with Crippen molar-refractivity contribution in [3.63, 3.8) is 0 Å². The maximum Gasteiger partial charge on any atom is 0.271 e. The van der Waals surface area contributed by atoms with Crippen molar-refractivity contribution in [3.8, 4) is 22.9 Å². The van der Waals surface area contributed by atoms with Gasteiger partial charge in [-0.1, -0.05) is 11.6 Å². The van der Waals surface area contributed by atoms with Crippen LogP contribution in [0.1, 0.15) is 15.9 Å². The number of H-pyrrole nitrogens is 1. The molecule has 3 N–H and O–H groups in total. The molecule has 4 aromatic rings. The number of hydrogen-bond donors (Lipinski definition) is 3. The molecule has 0 spiro atoms. The van der Waals surface area contributed by atoms with Crippen molar-refractivity contribution in [1.82, 2.24) is 15.4 Å². The van der Waals surface area contributed by atoms with E-state index in [0.29, 0.717) is 27.7 Å². The van der Waals surface area contributed by atoms with Gasteiger partial charge in [0.15, 0.2) is 11.5 Å². The van der Waals surface area contributed by atoms with E-state index in [1.807, 2.05) is 12.1 Å². The number of carbonyl (C=O) groups excluding carboxylic acids is 1. The number of aromatic hydroxyl groups is 1. The van der Waals surface area contributed by atoms with Crippen LogP contribution in [0.15, 0.2) is 65.8 Å². The van der Waals surface area contributed by atoms with Gasteiger partial charge in [-0.05, 0) is 66.2 Å². The fraction of sp³-hybridized carbons (Fsp3) is 0.0455. The van der Waals surface area contributed by atoms with Crippen molar-refractivity contribution in [1.29, 1.82) is 0 Å². The van der Waals surface area contributed by atoms with E-state index in [9.17, 15) is 9.90 Å². The predicted octanol–water partition coefficient (Wildman–Crippen LogP) is 4.36. The largest absolute Gasteiger partial charge is 0.504 e. The standard InChI is InChI=1S/C22H17ClN4O3/c1-30-20-9-2-13(10-19(20)28)12-24-27-22(29)15-5-8-17-18(11-15)26-21(25-17)14-3-6-16(23)7-4-14/h2-12,28H,1H3,(H,25,26)(H,27,29). The number of fused-ring (bicyclic) bond motifs is 1. The van der Waals surface area contributed by atoms with Crippen LogP contribution in [0, 0.1) is 0 Å². The third-order valence-electron chi connectivity index (χ3n) is 4.44. The molecule has 0 saturated carbocycles. The normalized spacial score (nSPS) is 11.1. The zero-order valence-corrected chi connectivity index (χ0v) is 16.6. The van der Waals surface area contributed by atoms with Gasteiger partial charge in [-0.2, -0.15) is 5.10 Å². The van der Waals surface area contributed by atoms with Crippen LogP contribution in [0.5, 0.6) is 11.5 Å². The predicted molar refractivity (Wildman–Crippen MR) is 116 cm³/mol. The molecule has 4 rings (SSSR count). The van der Waals surface area contributed by atoms with Crippen molar-refractivity contribution >= 4 is 34.8 Å². The molecule has 30 heavy (non-hydrogen) atoms. The minimum atomic E-state index is -0.367. The molecule has 7 nitrogen and oxygen atoms in total. The Bertz CT molecular complexity index is 1250. The summed E-state index contributed by atoms with van der Waals surface area (Å²) in [4.78, 5) is 20.2. The van der Waals surface area contributed by atoms with Gasteiger partial charge >= 0.3 is 0 Å². The van der Waals surface area contributed by atoms with Crippen LogP contribution in [-0.4, -0.2) is 34.3 Å². The van der Waals surface area contributed by atoms with Crippen LogP contribution < -0.4 is 10.2 Å². The van der Waals surface area contributed by atoms with Gasteiger partial charge < -0.3 is 14.8 Å². The summed E-state index contributed by atoms with van der Waals surface area (Å²) < 4.78 is 4.99. The first-order valence-electron chi connectivity index (χ1n) is 8.99. The lowest BCUT2D eigenvalue weighted by Gasteiger charge is -2.03. The van der Waals surface area contributed by atoms with E-state index in [-0.39, 0.29) is 11.7 Å². The minimum absolute atomic E-state index is 0.00559. The summed E-state index contributed by atoms with van der Waals surface area (Å²) in [5, 5.41) is 14.4. The molecule has 0 aliphatic heterocycles. The first kappa shape index (κ1) is 19.5. The summed E-state index contributed by atoms with van der Waals surface area (Å²) in [6.07, 6.45) is 1.43. The van der Waals surface area contributed by atoms with Crippen molar-refractivity contribution in [3.05, 3.63) is 76.8 Å². The Morgan fingerprint density at radius 2 is 1.97 bits per heavy atom. The zero-order chi connectivity index (χ0) is 21.1. The molecule has 0 bridgehead atoms. The lowest BCUT2D eigenvalue weighted by molar-refractivity contribution is 0.0955. The van der Waals surface area contributed by atoms with Gasteiger partial charge in [0.25, 0.3) is 5.91 Å². The molecule has 1 aromatic heterocycles. The van der Waals surface area contributed by atoms with Crippen LogP contribution in [-0.2, 0) is 0 Å². The lowest BCUT2D eigenvalue weighted by Crippen LogP contribution is -2.17. The molecule has 150 valence electrons. The average Bonchev–Trinajstić information content (AvgIpc) is 3.17. The Balaban J connectivity index is 1.49. The molecule has 0 aliphatic carbocycles. The second-order valence-electron chi connectivity index (χ2n) is 6.45. The molecule has 0 aliphatic rings. The van der Waals surface area contributed by atoms with Crippen molar-refractivity contribution < 1.29 is 14.6 Å². The second-order valence-corrected chi connectivity index (χ2v) is 6.89. The number of halogens is 1. The van der Waals surface area contributed by atoms with Crippen molar-refractivity contribution in [2.45, 2.75) is 0 Å². The van der Waals surface area contributed by atoms with Gasteiger partial charge in [-0.3, -0.25) is 4.79 Å². The highest BCUT2D eigenvalue weighted by molar-refractivity contribution is 6.30. The molecule has 3 aromatic carbocycles. The second kappa shape index (κ2) is 8.26. The van der Waals surface area contributed by atoms with E-state index >= 15 is 0 Å². The maximum absolute atomic E-state index is 12.4. The summed E-state index contributed by atoms with van der Waals surface area (Å²) in [6.45, 7) is 0. The molecular weight excluding hydrogens is 404 g/mol. The summed E-state index contributed by atoms with van der Waals surface area (Å²) in [5.41, 5.74) is 5.90. The van der Waals surface area contributed by atoms with Gasteiger partial charge in [0, 0.05) is 16.1 Å². The molecule has 0 saturated heterocycles. The molecular formula is C22H17ClN4O3. The van der Waals surface area contributed by atoms with Gasteiger partial charge in [-0.25, -0.2) is 10.4 Å². The van der Waals surface area contributed by atoms with Gasteiger partial charge in [-0.15, -0.1) is 0 Å². The third-order valence-corrected chi connectivity index (χ3v) is 4.70. The molecule has 0 unspecified atom stereocenters. The highest BCUT2D eigenvalue weighted by Gasteiger charge is 2.10. The number of imidazole rings is 1. The number of aromatic nitrogens is 2. The van der Waals surface area contributed by atoms with E-state index < -0.39 is 0 Å². The van der Waals surface area contributed by atoms with Crippen LogP contribution in [0.4, 0.5) is 0 Å². The Hall–Kier alpha value is -3.84.